The summed E-state index contributed by atoms with van der Waals surface area (Å²) in [6.07, 6.45) is 0. The fraction of sp³-hybridized carbons (Fsp3) is 0.100. The molecule has 0 heterocycles. The van der Waals surface area contributed by atoms with Crippen LogP contribution < -0.4 is 8.37 Å². The molecule has 3 rings (SSSR count). The number of halogens is 6. The largest absolute Gasteiger partial charge is 0.534 e. The van der Waals surface area contributed by atoms with Gasteiger partial charge in [-0.15, -0.1) is 0 Å². The topological polar surface area (TPSA) is 86.7 Å². The van der Waals surface area contributed by atoms with Crippen LogP contribution in [0.4, 0.5) is 26.3 Å². The van der Waals surface area contributed by atoms with Crippen LogP contribution in [0.1, 0.15) is 0 Å². The maximum absolute atomic E-state index is 12.9. The summed E-state index contributed by atoms with van der Waals surface area (Å²) in [4.78, 5) is 0. The van der Waals surface area contributed by atoms with E-state index >= 15 is 0 Å². The summed E-state index contributed by atoms with van der Waals surface area (Å²) in [7, 11) is -12.5. The summed E-state index contributed by atoms with van der Waals surface area (Å²) in [6.45, 7) is 0. The van der Waals surface area contributed by atoms with Gasteiger partial charge in [-0.1, -0.05) is 60.7 Å². The Morgan fingerprint density at radius 2 is 0.941 bits per heavy atom. The Morgan fingerprint density at radius 1 is 0.529 bits per heavy atom. The first-order valence-electron chi connectivity index (χ1n) is 8.93. The number of hydrogen-bond acceptors (Lipinski definition) is 6. The molecule has 0 saturated carbocycles. The lowest BCUT2D eigenvalue weighted by atomic mass is 9.93. The van der Waals surface area contributed by atoms with Crippen molar-refractivity contribution < 1.29 is 51.5 Å². The van der Waals surface area contributed by atoms with Gasteiger partial charge >= 0.3 is 31.3 Å². The van der Waals surface area contributed by atoms with E-state index in [1.54, 1.807) is 30.3 Å². The Labute approximate surface area is 189 Å². The molecule has 0 spiro atoms. The zero-order valence-corrected chi connectivity index (χ0v) is 18.1. The van der Waals surface area contributed by atoms with Gasteiger partial charge in [-0.2, -0.15) is 43.2 Å². The Kier molecular flexibility index (Phi) is 6.59. The van der Waals surface area contributed by atoms with E-state index in [2.05, 4.69) is 8.37 Å². The van der Waals surface area contributed by atoms with Gasteiger partial charge in [-0.05, 0) is 28.8 Å². The molecule has 3 aromatic rings. The molecule has 34 heavy (non-hydrogen) atoms. The molecule has 0 saturated heterocycles. The summed E-state index contributed by atoms with van der Waals surface area (Å²) >= 11 is 0. The Hall–Kier alpha value is -3.26. The summed E-state index contributed by atoms with van der Waals surface area (Å²) in [5.41, 5.74) is -12.0. The average Bonchev–Trinajstić information content (AvgIpc) is 2.72. The van der Waals surface area contributed by atoms with Crippen LogP contribution in [0.15, 0.2) is 72.8 Å². The third-order valence-corrected chi connectivity index (χ3v) is 6.17. The molecule has 0 atom stereocenters. The Bertz CT molecular complexity index is 1340. The molecule has 182 valence electrons. The smallest absolute Gasteiger partial charge is 0.375 e. The van der Waals surface area contributed by atoms with Gasteiger partial charge in [-0.3, -0.25) is 0 Å². The van der Waals surface area contributed by atoms with Crippen molar-refractivity contribution in [3.63, 3.8) is 0 Å². The van der Waals surface area contributed by atoms with Crippen LogP contribution in [0.5, 0.6) is 11.5 Å². The van der Waals surface area contributed by atoms with E-state index in [0.717, 1.165) is 6.07 Å². The molecular weight excluding hydrogens is 514 g/mol. The number of benzene rings is 3. The summed E-state index contributed by atoms with van der Waals surface area (Å²) in [5, 5.41) is 0. The van der Waals surface area contributed by atoms with Crippen molar-refractivity contribution in [1.29, 1.82) is 0 Å². The number of hydrogen-bond donors (Lipinski definition) is 0. The van der Waals surface area contributed by atoms with Crippen molar-refractivity contribution in [1.82, 2.24) is 0 Å². The van der Waals surface area contributed by atoms with Gasteiger partial charge < -0.3 is 8.37 Å². The quantitative estimate of drug-likeness (QED) is 0.240. The van der Waals surface area contributed by atoms with Crippen LogP contribution in [0.3, 0.4) is 0 Å². The zero-order chi connectivity index (χ0) is 25.4. The highest BCUT2D eigenvalue weighted by Gasteiger charge is 2.50. The van der Waals surface area contributed by atoms with Crippen LogP contribution in [-0.4, -0.2) is 27.9 Å². The monoisotopic (exact) mass is 526 g/mol. The van der Waals surface area contributed by atoms with E-state index in [-0.39, 0.29) is 11.1 Å². The van der Waals surface area contributed by atoms with Crippen molar-refractivity contribution in [3.05, 3.63) is 72.8 Å². The normalized spacial score (nSPS) is 12.9. The highest BCUT2D eigenvalue weighted by Crippen LogP contribution is 2.45. The standard InChI is InChI=1S/C20H12F6O6S2/c21-19(22,23)33(27,28)31-16-11-6-12-17(32-34(29,30)20(24,25)26)18(16)15-10-5-4-9-14(15)13-7-2-1-3-8-13/h1-12H. The SMILES string of the molecule is O=S(=O)(Oc1cccc(OS(=O)(=O)C(F)(F)F)c1-c1ccccc1-c1ccccc1)C(F)(F)F. The molecule has 0 bridgehead atoms. The zero-order valence-electron chi connectivity index (χ0n) is 16.5. The molecule has 0 aliphatic heterocycles. The first-order valence-corrected chi connectivity index (χ1v) is 11.7. The molecule has 6 nitrogen and oxygen atoms in total. The van der Waals surface area contributed by atoms with Gasteiger partial charge in [-0.25, -0.2) is 0 Å². The third-order valence-electron chi connectivity index (χ3n) is 4.24. The maximum atomic E-state index is 12.9. The fourth-order valence-corrected chi connectivity index (χ4v) is 3.76. The summed E-state index contributed by atoms with van der Waals surface area (Å²) in [6, 6.07) is 15.6. The molecule has 14 heteroatoms. The predicted molar refractivity (Wildman–Crippen MR) is 109 cm³/mol. The molecular formula is C20H12F6O6S2. The minimum absolute atomic E-state index is 0.158. The lowest BCUT2D eigenvalue weighted by molar-refractivity contribution is -0.0502. The highest BCUT2D eigenvalue weighted by molar-refractivity contribution is 7.88. The molecule has 0 aliphatic rings. The molecule has 0 N–H and O–H groups in total. The number of rotatable bonds is 6. The van der Waals surface area contributed by atoms with Gasteiger partial charge in [0.25, 0.3) is 0 Å². The summed E-state index contributed by atoms with van der Waals surface area (Å²) in [5.74, 6) is -2.20. The van der Waals surface area contributed by atoms with Gasteiger partial charge in [0.15, 0.2) is 11.5 Å². The van der Waals surface area contributed by atoms with Crippen LogP contribution in [-0.2, 0) is 20.2 Å². The van der Waals surface area contributed by atoms with E-state index in [4.69, 9.17) is 0 Å². The van der Waals surface area contributed by atoms with Gasteiger partial charge in [0.05, 0.1) is 5.56 Å². The van der Waals surface area contributed by atoms with Crippen LogP contribution >= 0.6 is 0 Å². The lowest BCUT2D eigenvalue weighted by Gasteiger charge is -2.19. The second-order valence-corrected chi connectivity index (χ2v) is 9.58. The van der Waals surface area contributed by atoms with Crippen LogP contribution in [0.25, 0.3) is 22.3 Å². The van der Waals surface area contributed by atoms with Gasteiger partial charge in [0, 0.05) is 0 Å². The van der Waals surface area contributed by atoms with E-state index in [1.807, 2.05) is 0 Å². The highest BCUT2D eigenvalue weighted by atomic mass is 32.2. The molecule has 0 aliphatic carbocycles. The van der Waals surface area contributed by atoms with Crippen molar-refractivity contribution in [2.75, 3.05) is 0 Å². The van der Waals surface area contributed by atoms with Crippen molar-refractivity contribution in [2.24, 2.45) is 0 Å². The summed E-state index contributed by atoms with van der Waals surface area (Å²) < 4.78 is 132. The molecule has 0 fully saturated rings. The van der Waals surface area contributed by atoms with E-state index < -0.39 is 48.3 Å². The lowest BCUT2D eigenvalue weighted by Crippen LogP contribution is -2.29. The van der Waals surface area contributed by atoms with Gasteiger partial charge in [0.1, 0.15) is 0 Å². The molecule has 0 unspecified atom stereocenters. The minimum atomic E-state index is -6.27. The second-order valence-electron chi connectivity index (χ2n) is 6.51. The third kappa shape index (κ3) is 5.12. The number of alkyl halides is 6. The Morgan fingerprint density at radius 3 is 1.38 bits per heavy atom. The molecule has 0 amide bonds. The van der Waals surface area contributed by atoms with Crippen LogP contribution in [0.2, 0.25) is 0 Å². The molecule has 3 aromatic carbocycles. The first-order chi connectivity index (χ1) is 15.6. The van der Waals surface area contributed by atoms with E-state index in [9.17, 15) is 43.2 Å². The second kappa shape index (κ2) is 8.83. The minimum Gasteiger partial charge on any atom is -0.375 e. The average molecular weight is 526 g/mol. The van der Waals surface area contributed by atoms with E-state index in [0.29, 0.717) is 17.7 Å². The van der Waals surface area contributed by atoms with Crippen molar-refractivity contribution >= 4 is 20.2 Å². The predicted octanol–water partition coefficient (Wildman–Crippen LogP) is 5.48. The van der Waals surface area contributed by atoms with Crippen molar-refractivity contribution in [3.8, 4) is 33.8 Å². The van der Waals surface area contributed by atoms with E-state index in [1.165, 1.54) is 24.3 Å². The molecule has 0 aromatic heterocycles. The first kappa shape index (κ1) is 25.4. The fourth-order valence-electron chi connectivity index (χ4n) is 2.82. The Balaban J connectivity index is 2.33. The maximum Gasteiger partial charge on any atom is 0.534 e. The molecule has 0 radical (unpaired) electrons. The van der Waals surface area contributed by atoms with Crippen molar-refractivity contribution in [2.45, 2.75) is 11.0 Å². The van der Waals surface area contributed by atoms with Crippen LogP contribution in [0, 0.1) is 0 Å². The van der Waals surface area contributed by atoms with Gasteiger partial charge in [0.2, 0.25) is 0 Å².